The topological polar surface area (TPSA) is 87.2 Å². The van der Waals surface area contributed by atoms with Crippen molar-refractivity contribution >= 4 is 0 Å². The van der Waals surface area contributed by atoms with Crippen LogP contribution in [0.2, 0.25) is 0 Å². The van der Waals surface area contributed by atoms with Crippen molar-refractivity contribution in [2.24, 2.45) is 0 Å². The lowest BCUT2D eigenvalue weighted by Crippen LogP contribution is -2.53. The van der Waals surface area contributed by atoms with Crippen LogP contribution in [0.3, 0.4) is 0 Å². The van der Waals surface area contributed by atoms with Gasteiger partial charge in [-0.3, -0.25) is 9.78 Å². The predicted octanol–water partition coefficient (Wildman–Crippen LogP) is -1.02. The lowest BCUT2D eigenvalue weighted by Gasteiger charge is -2.44. The summed E-state index contributed by atoms with van der Waals surface area (Å²) in [6, 6.07) is 0. The van der Waals surface area contributed by atoms with Gasteiger partial charge in [-0.05, 0) is 0 Å². The zero-order valence-electron chi connectivity index (χ0n) is 9.02. The second-order valence-electron chi connectivity index (χ2n) is 3.97. The number of aromatic amines is 1. The highest BCUT2D eigenvalue weighted by molar-refractivity contribution is 4.86. The van der Waals surface area contributed by atoms with Crippen molar-refractivity contribution in [2.45, 2.75) is 6.67 Å². The van der Waals surface area contributed by atoms with Gasteiger partial charge >= 0.3 is 5.69 Å². The van der Waals surface area contributed by atoms with E-state index >= 15 is 0 Å². The fourth-order valence-electron chi connectivity index (χ4n) is 1.68. The van der Waals surface area contributed by atoms with Crippen LogP contribution in [0.1, 0.15) is 0 Å². The maximum absolute atomic E-state index is 13.0. The molecule has 0 spiro atoms. The molecule has 0 radical (unpaired) electrons. The Morgan fingerprint density at radius 3 is 2.76 bits per heavy atom. The van der Waals surface area contributed by atoms with E-state index < -0.39 is 21.7 Å². The maximum atomic E-state index is 13.0. The first-order chi connectivity index (χ1) is 8.00. The highest BCUT2D eigenvalue weighted by Crippen LogP contribution is 2.10. The predicted molar refractivity (Wildman–Crippen MR) is 55.5 cm³/mol. The van der Waals surface area contributed by atoms with Crippen molar-refractivity contribution in [2.75, 3.05) is 26.3 Å². The molecular weight excluding hydrogens is 233 g/mol. The summed E-state index contributed by atoms with van der Waals surface area (Å²) in [6.45, 7) is 0.796. The Hall–Kier alpha value is -1.51. The third kappa shape index (κ3) is 2.60. The molecule has 0 aromatic carbocycles. The second-order valence-corrected chi connectivity index (χ2v) is 3.97. The molecule has 17 heavy (non-hydrogen) atoms. The van der Waals surface area contributed by atoms with Gasteiger partial charge < -0.3 is 14.6 Å². The molecule has 0 bridgehead atoms. The van der Waals surface area contributed by atoms with Crippen molar-refractivity contribution in [1.29, 1.82) is 0 Å². The molecule has 1 aliphatic heterocycles. The number of halogens is 1. The smallest absolute Gasteiger partial charge is 0.332 e. The van der Waals surface area contributed by atoms with E-state index in [2.05, 4.69) is 0 Å². The van der Waals surface area contributed by atoms with Gasteiger partial charge in [0.15, 0.2) is 6.67 Å². The quantitative estimate of drug-likeness (QED) is 0.533. The highest BCUT2D eigenvalue weighted by atomic mass is 19.1. The van der Waals surface area contributed by atoms with Crippen LogP contribution in [-0.2, 0) is 11.4 Å². The first-order valence-corrected chi connectivity index (χ1v) is 5.14. The van der Waals surface area contributed by atoms with E-state index in [-0.39, 0.29) is 19.8 Å². The fraction of sp³-hybridized carbons (Fsp3) is 0.556. The number of hydrogen-bond donors (Lipinski definition) is 1. The first-order valence-electron chi connectivity index (χ1n) is 5.14. The van der Waals surface area contributed by atoms with Gasteiger partial charge in [-0.25, -0.2) is 9.36 Å². The number of hydrogen-bond acceptors (Lipinski definition) is 4. The fourth-order valence-corrected chi connectivity index (χ4v) is 1.68. The molecule has 1 aliphatic rings. The van der Waals surface area contributed by atoms with E-state index in [1.807, 2.05) is 4.98 Å². The summed E-state index contributed by atoms with van der Waals surface area (Å²) in [5, 5.41) is 12.1. The van der Waals surface area contributed by atoms with Crippen LogP contribution < -0.4 is 11.2 Å². The van der Waals surface area contributed by atoms with Gasteiger partial charge in [0.1, 0.15) is 13.1 Å². The third-order valence-electron chi connectivity index (χ3n) is 2.66. The van der Waals surface area contributed by atoms with Crippen LogP contribution in [0.5, 0.6) is 0 Å². The van der Waals surface area contributed by atoms with Crippen molar-refractivity contribution < 1.29 is 13.8 Å². The highest BCUT2D eigenvalue weighted by Gasteiger charge is 2.22. The Bertz CT molecular complexity index is 518. The molecular formula is C9H12FN3O4. The molecule has 0 atom stereocenters. The SMILES string of the molecule is O=c1[nH]c(=O)n(C[N+]2([O-])CCOCC2)cc1F. The Morgan fingerprint density at radius 2 is 2.12 bits per heavy atom. The van der Waals surface area contributed by atoms with Gasteiger partial charge in [0.25, 0.3) is 5.56 Å². The number of morpholine rings is 1. The van der Waals surface area contributed by atoms with Gasteiger partial charge in [-0.15, -0.1) is 0 Å². The first kappa shape index (κ1) is 12.0. The molecule has 1 N–H and O–H groups in total. The lowest BCUT2D eigenvalue weighted by atomic mass is 10.4. The standard InChI is InChI=1S/C9H12FN3O4/c10-7-5-12(9(15)11-8(7)14)6-13(16)1-3-17-4-2-13/h5H,1-4,6H2,(H,11,14,15). The van der Waals surface area contributed by atoms with E-state index in [0.29, 0.717) is 13.2 Å². The summed E-state index contributed by atoms with van der Waals surface area (Å²) >= 11 is 0. The number of aromatic nitrogens is 2. The molecule has 94 valence electrons. The Kier molecular flexibility index (Phi) is 3.09. The molecule has 1 saturated heterocycles. The summed E-state index contributed by atoms with van der Waals surface area (Å²) in [6.07, 6.45) is 0.758. The minimum Gasteiger partial charge on any atom is -0.631 e. The number of nitrogens with zero attached hydrogens (tertiary/aromatic N) is 2. The lowest BCUT2D eigenvalue weighted by molar-refractivity contribution is -0.910. The van der Waals surface area contributed by atoms with Crippen molar-refractivity contribution in [1.82, 2.24) is 9.55 Å². The second kappa shape index (κ2) is 4.40. The maximum Gasteiger partial charge on any atom is 0.332 e. The van der Waals surface area contributed by atoms with E-state index in [1.165, 1.54) is 0 Å². The van der Waals surface area contributed by atoms with E-state index in [4.69, 9.17) is 4.74 Å². The molecule has 0 aliphatic carbocycles. The molecule has 1 aromatic rings. The molecule has 1 fully saturated rings. The normalized spacial score (nSPS) is 19.2. The Labute approximate surface area is 95.2 Å². The molecule has 8 heteroatoms. The molecule has 0 unspecified atom stereocenters. The zero-order chi connectivity index (χ0) is 12.5. The van der Waals surface area contributed by atoms with Crippen molar-refractivity contribution in [3.05, 3.63) is 38.1 Å². The molecule has 1 aromatic heterocycles. The van der Waals surface area contributed by atoms with E-state index in [0.717, 1.165) is 10.8 Å². The third-order valence-corrected chi connectivity index (χ3v) is 2.66. The molecule has 0 saturated carbocycles. The van der Waals surface area contributed by atoms with E-state index in [9.17, 15) is 19.2 Å². The van der Waals surface area contributed by atoms with Gasteiger partial charge in [-0.1, -0.05) is 0 Å². The molecule has 7 nitrogen and oxygen atoms in total. The van der Waals surface area contributed by atoms with Crippen LogP contribution in [0.25, 0.3) is 0 Å². The summed E-state index contributed by atoms with van der Waals surface area (Å²) in [7, 11) is 0. The summed E-state index contributed by atoms with van der Waals surface area (Å²) < 4.78 is 18.3. The van der Waals surface area contributed by atoms with Crippen LogP contribution in [0.15, 0.2) is 15.8 Å². The summed E-state index contributed by atoms with van der Waals surface area (Å²) in [5.41, 5.74) is -1.86. The van der Waals surface area contributed by atoms with Crippen molar-refractivity contribution in [3.8, 4) is 0 Å². The molecule has 0 amide bonds. The Morgan fingerprint density at radius 1 is 1.47 bits per heavy atom. The minimum absolute atomic E-state index is 0.202. The zero-order valence-corrected chi connectivity index (χ0v) is 9.02. The minimum atomic E-state index is -1.08. The monoisotopic (exact) mass is 245 g/mol. The Balaban J connectivity index is 2.26. The van der Waals surface area contributed by atoms with E-state index in [1.54, 1.807) is 0 Å². The largest absolute Gasteiger partial charge is 0.631 e. The summed E-state index contributed by atoms with van der Waals surface area (Å²) in [4.78, 5) is 24.0. The van der Waals surface area contributed by atoms with Crippen molar-refractivity contribution in [3.63, 3.8) is 0 Å². The van der Waals surface area contributed by atoms with Crippen LogP contribution in [0, 0.1) is 11.0 Å². The number of H-pyrrole nitrogens is 1. The van der Waals surface area contributed by atoms with Gasteiger partial charge in [0.2, 0.25) is 5.82 Å². The van der Waals surface area contributed by atoms with Crippen LogP contribution >= 0.6 is 0 Å². The van der Waals surface area contributed by atoms with Gasteiger partial charge in [-0.2, -0.15) is 4.39 Å². The number of ether oxygens (including phenoxy) is 1. The number of rotatable bonds is 2. The number of nitrogens with one attached hydrogen (secondary N) is 1. The average molecular weight is 245 g/mol. The van der Waals surface area contributed by atoms with Crippen LogP contribution in [-0.4, -0.2) is 40.5 Å². The number of hydroxylamine groups is 3. The van der Waals surface area contributed by atoms with Gasteiger partial charge in [0, 0.05) is 0 Å². The van der Waals surface area contributed by atoms with Crippen LogP contribution in [0.4, 0.5) is 4.39 Å². The average Bonchev–Trinajstić information content (AvgIpc) is 2.26. The summed E-state index contributed by atoms with van der Waals surface area (Å²) in [5.74, 6) is -1.08. The molecule has 2 heterocycles. The number of quaternary nitrogens is 1. The van der Waals surface area contributed by atoms with Gasteiger partial charge in [0.05, 0.1) is 19.4 Å². The molecule has 2 rings (SSSR count).